The molecule has 0 aliphatic carbocycles. The van der Waals surface area contributed by atoms with Crippen molar-refractivity contribution in [2.75, 3.05) is 16.3 Å². The van der Waals surface area contributed by atoms with E-state index in [9.17, 15) is 24.0 Å². The molecule has 4 amide bonds. The van der Waals surface area contributed by atoms with Gasteiger partial charge in [-0.3, -0.25) is 24.2 Å². The first-order valence-corrected chi connectivity index (χ1v) is 16.0. The number of hydrogen-bond donors (Lipinski definition) is 2. The van der Waals surface area contributed by atoms with E-state index in [2.05, 4.69) is 15.6 Å². The van der Waals surface area contributed by atoms with Crippen molar-refractivity contribution in [3.8, 4) is 0 Å². The number of hydrogen-bond acceptors (Lipinski definition) is 7. The molecule has 3 heterocycles. The molecular formula is C35H47N5O6. The maximum atomic E-state index is 14.2. The molecule has 2 aliphatic rings. The molecule has 2 aliphatic heterocycles. The molecule has 1 aromatic heterocycles. The van der Waals surface area contributed by atoms with E-state index in [0.29, 0.717) is 42.9 Å². The molecule has 0 saturated carbocycles. The first-order chi connectivity index (χ1) is 21.6. The third-order valence-electron chi connectivity index (χ3n) is 8.09. The van der Waals surface area contributed by atoms with Crippen LogP contribution in [0.15, 0.2) is 42.6 Å². The van der Waals surface area contributed by atoms with Crippen molar-refractivity contribution < 1.29 is 28.7 Å². The molecule has 1 saturated heterocycles. The Balaban J connectivity index is 1.58. The zero-order valence-corrected chi connectivity index (χ0v) is 28.0. The molecule has 4 rings (SSSR count). The molecule has 248 valence electrons. The van der Waals surface area contributed by atoms with Crippen molar-refractivity contribution in [1.82, 2.24) is 15.6 Å². The minimum absolute atomic E-state index is 0.0206. The number of amides is 4. The van der Waals surface area contributed by atoms with Crippen LogP contribution in [0.3, 0.4) is 0 Å². The highest BCUT2D eigenvalue weighted by atomic mass is 16.6. The maximum Gasteiger partial charge on any atom is 0.408 e. The third kappa shape index (κ3) is 8.50. The van der Waals surface area contributed by atoms with E-state index in [0.717, 1.165) is 12.0 Å². The molecule has 46 heavy (non-hydrogen) atoms. The van der Waals surface area contributed by atoms with Gasteiger partial charge in [0.2, 0.25) is 17.7 Å². The van der Waals surface area contributed by atoms with E-state index in [-0.39, 0.29) is 36.5 Å². The number of ether oxygens (including phenoxy) is 1. The number of pyridine rings is 1. The van der Waals surface area contributed by atoms with Crippen LogP contribution in [-0.4, -0.2) is 58.3 Å². The van der Waals surface area contributed by atoms with Crippen LogP contribution in [0.2, 0.25) is 0 Å². The van der Waals surface area contributed by atoms with E-state index in [1.165, 1.54) is 0 Å². The average Bonchev–Trinajstić information content (AvgIpc) is 3.38. The number of nitrogens with one attached hydrogen (secondary N) is 2. The number of carbonyl (C=O) groups is 5. The molecule has 0 bridgehead atoms. The second-order valence-corrected chi connectivity index (χ2v) is 14.2. The monoisotopic (exact) mass is 633 g/mol. The summed E-state index contributed by atoms with van der Waals surface area (Å²) in [7, 11) is 0. The van der Waals surface area contributed by atoms with Gasteiger partial charge in [0.05, 0.1) is 29.7 Å². The Kier molecular flexibility index (Phi) is 10.5. The number of ketones is 1. The van der Waals surface area contributed by atoms with Gasteiger partial charge >= 0.3 is 6.09 Å². The van der Waals surface area contributed by atoms with E-state index in [4.69, 9.17) is 4.74 Å². The van der Waals surface area contributed by atoms with Gasteiger partial charge in [-0.15, -0.1) is 0 Å². The maximum absolute atomic E-state index is 14.2. The van der Waals surface area contributed by atoms with Crippen LogP contribution in [-0.2, 0) is 36.9 Å². The lowest BCUT2D eigenvalue weighted by molar-refractivity contribution is -0.133. The van der Waals surface area contributed by atoms with Crippen LogP contribution < -0.4 is 20.4 Å². The predicted molar refractivity (Wildman–Crippen MR) is 175 cm³/mol. The standard InChI is InChI=1S/C35H47N5O6/c1-22(2)18-26(37-32(44)35(6,7)38-33(45)46-34(3,4)5)28(41)20-24-19-23-12-10-14-27(39-17-11-15-29(39)42)30(23)40(31(24)43)21-25-13-8-9-16-36-25/h8-10,12-14,16,22,24,26H,11,15,17-21H2,1-7H3,(H,37,44)(H,38,45)/t24?,26-/m1/s1. The van der Waals surface area contributed by atoms with E-state index in [1.54, 1.807) is 56.7 Å². The third-order valence-corrected chi connectivity index (χ3v) is 8.09. The van der Waals surface area contributed by atoms with Gasteiger partial charge in [0, 0.05) is 31.5 Å². The van der Waals surface area contributed by atoms with E-state index < -0.39 is 35.1 Å². The number of nitrogens with zero attached hydrogens (tertiary/aromatic N) is 3. The zero-order chi connectivity index (χ0) is 33.8. The minimum atomic E-state index is -1.36. The van der Waals surface area contributed by atoms with Gasteiger partial charge in [-0.25, -0.2) is 4.79 Å². The molecular weight excluding hydrogens is 586 g/mol. The highest BCUT2D eigenvalue weighted by Crippen LogP contribution is 2.42. The highest BCUT2D eigenvalue weighted by molar-refractivity contribution is 6.07. The second kappa shape index (κ2) is 14.0. The SMILES string of the molecule is CC(C)C[C@@H](NC(=O)C(C)(C)NC(=O)OC(C)(C)C)C(=O)CC1Cc2cccc(N3CCCC3=O)c2N(Cc2ccccn2)C1=O. The Morgan fingerprint density at radius 1 is 1.04 bits per heavy atom. The molecule has 1 fully saturated rings. The summed E-state index contributed by atoms with van der Waals surface area (Å²) >= 11 is 0. The van der Waals surface area contributed by atoms with E-state index in [1.807, 2.05) is 44.2 Å². The van der Waals surface area contributed by atoms with Gasteiger partial charge in [0.15, 0.2) is 5.78 Å². The highest BCUT2D eigenvalue weighted by Gasteiger charge is 2.40. The summed E-state index contributed by atoms with van der Waals surface area (Å²) in [6.45, 7) is 12.9. The van der Waals surface area contributed by atoms with Crippen LogP contribution in [0.25, 0.3) is 0 Å². The first kappa shape index (κ1) is 34.6. The van der Waals surface area contributed by atoms with Crippen LogP contribution >= 0.6 is 0 Å². The number of Topliss-reactive ketones (excluding diaryl/α,β-unsaturated/α-hetero) is 1. The fraction of sp³-hybridized carbons (Fsp3) is 0.543. The van der Waals surface area contributed by atoms with Crippen molar-refractivity contribution in [2.45, 2.75) is 104 Å². The molecule has 2 aromatic rings. The Labute approximate surface area is 271 Å². The van der Waals surface area contributed by atoms with Crippen molar-refractivity contribution in [2.24, 2.45) is 11.8 Å². The molecule has 0 radical (unpaired) electrons. The van der Waals surface area contributed by atoms with Gasteiger partial charge in [0.1, 0.15) is 11.1 Å². The molecule has 2 N–H and O–H groups in total. The van der Waals surface area contributed by atoms with Crippen LogP contribution in [0.1, 0.15) is 85.4 Å². The van der Waals surface area contributed by atoms with Crippen molar-refractivity contribution >= 4 is 41.0 Å². The number of alkyl carbamates (subject to hydrolysis) is 1. The molecule has 11 nitrogen and oxygen atoms in total. The largest absolute Gasteiger partial charge is 0.444 e. The summed E-state index contributed by atoms with van der Waals surface area (Å²) in [5, 5.41) is 5.44. The summed E-state index contributed by atoms with van der Waals surface area (Å²) in [6.07, 6.45) is 2.74. The fourth-order valence-corrected chi connectivity index (χ4v) is 5.91. The summed E-state index contributed by atoms with van der Waals surface area (Å²) < 4.78 is 5.32. The number of carbonyl (C=O) groups excluding carboxylic acids is 5. The molecule has 1 unspecified atom stereocenters. The quantitative estimate of drug-likeness (QED) is 0.366. The summed E-state index contributed by atoms with van der Waals surface area (Å²) in [4.78, 5) is 74.5. The topological polar surface area (TPSA) is 138 Å². The molecule has 11 heteroatoms. The minimum Gasteiger partial charge on any atom is -0.444 e. The van der Waals surface area contributed by atoms with Gasteiger partial charge < -0.3 is 25.2 Å². The van der Waals surface area contributed by atoms with Crippen molar-refractivity contribution in [3.05, 3.63) is 53.9 Å². The smallest absolute Gasteiger partial charge is 0.408 e. The van der Waals surface area contributed by atoms with Gasteiger partial charge in [0.25, 0.3) is 0 Å². The van der Waals surface area contributed by atoms with Crippen LogP contribution in [0.4, 0.5) is 16.2 Å². The molecule has 1 aromatic carbocycles. The van der Waals surface area contributed by atoms with Crippen molar-refractivity contribution in [1.29, 1.82) is 0 Å². The Morgan fingerprint density at radius 2 is 1.78 bits per heavy atom. The molecule has 0 spiro atoms. The first-order valence-electron chi connectivity index (χ1n) is 16.0. The lowest BCUT2D eigenvalue weighted by Crippen LogP contribution is -2.58. The van der Waals surface area contributed by atoms with Crippen LogP contribution in [0.5, 0.6) is 0 Å². The normalized spacial score (nSPS) is 17.5. The number of benzene rings is 1. The zero-order valence-electron chi connectivity index (χ0n) is 28.0. The Morgan fingerprint density at radius 3 is 2.39 bits per heavy atom. The number of rotatable bonds is 11. The lowest BCUT2D eigenvalue weighted by atomic mass is 9.84. The summed E-state index contributed by atoms with van der Waals surface area (Å²) in [5.74, 6) is -1.61. The summed E-state index contributed by atoms with van der Waals surface area (Å²) in [6, 6.07) is 10.3. The van der Waals surface area contributed by atoms with Gasteiger partial charge in [-0.05, 0) is 83.6 Å². The van der Waals surface area contributed by atoms with E-state index >= 15 is 0 Å². The Bertz CT molecular complexity index is 1470. The predicted octanol–water partition coefficient (Wildman–Crippen LogP) is 4.71. The number of anilines is 2. The number of para-hydroxylation sites is 1. The lowest BCUT2D eigenvalue weighted by Gasteiger charge is -2.37. The number of fused-ring (bicyclic) bond motifs is 1. The average molecular weight is 634 g/mol. The molecule has 2 atom stereocenters. The summed E-state index contributed by atoms with van der Waals surface area (Å²) in [5.41, 5.74) is 0.824. The van der Waals surface area contributed by atoms with Gasteiger partial charge in [-0.1, -0.05) is 32.0 Å². The fourth-order valence-electron chi connectivity index (χ4n) is 5.91. The van der Waals surface area contributed by atoms with Crippen LogP contribution in [0, 0.1) is 11.8 Å². The van der Waals surface area contributed by atoms with Gasteiger partial charge in [-0.2, -0.15) is 0 Å². The number of aromatic nitrogens is 1. The second-order valence-electron chi connectivity index (χ2n) is 14.2. The Hall–Kier alpha value is -4.28. The van der Waals surface area contributed by atoms with Crippen molar-refractivity contribution in [3.63, 3.8) is 0 Å².